The number of nitrogens with one attached hydrogen (secondary N) is 1. The molecule has 1 rings (SSSR count). The molecule has 0 heterocycles. The molecule has 0 radical (unpaired) electrons. The molecule has 0 unspecified atom stereocenters. The van der Waals surface area contributed by atoms with Crippen LogP contribution in [0, 0.1) is 0 Å². The Morgan fingerprint density at radius 2 is 1.15 bits per heavy atom. The summed E-state index contributed by atoms with van der Waals surface area (Å²) >= 11 is 5.81. The van der Waals surface area contributed by atoms with Gasteiger partial charge in [0, 0.05) is 18.3 Å². The van der Waals surface area contributed by atoms with Crippen molar-refractivity contribution >= 4 is 17.3 Å². The lowest BCUT2D eigenvalue weighted by Crippen LogP contribution is -2.01. The largest absolute Gasteiger partial charge is 0.506 e. The summed E-state index contributed by atoms with van der Waals surface area (Å²) in [5.41, 5.74) is 0.942. The van der Waals surface area contributed by atoms with E-state index < -0.39 is 0 Å². The molecular weight excluding hydrogens is 354 g/mol. The monoisotopic (exact) mass is 395 g/mol. The van der Waals surface area contributed by atoms with Crippen LogP contribution in [0.1, 0.15) is 110 Å². The van der Waals surface area contributed by atoms with E-state index in [1.165, 1.54) is 103 Å². The molecule has 0 saturated heterocycles. The van der Waals surface area contributed by atoms with Crippen molar-refractivity contribution in [3.63, 3.8) is 0 Å². The van der Waals surface area contributed by atoms with Crippen molar-refractivity contribution in [1.29, 1.82) is 0 Å². The van der Waals surface area contributed by atoms with E-state index in [1.54, 1.807) is 12.1 Å². The first-order valence-corrected chi connectivity index (χ1v) is 11.8. The van der Waals surface area contributed by atoms with Crippen molar-refractivity contribution in [3.8, 4) is 5.75 Å². The van der Waals surface area contributed by atoms with Crippen molar-refractivity contribution in [2.75, 3.05) is 11.9 Å². The Bertz CT molecular complexity index is 464. The van der Waals surface area contributed by atoms with E-state index >= 15 is 0 Å². The van der Waals surface area contributed by atoms with E-state index in [2.05, 4.69) is 12.2 Å². The molecule has 0 aromatic heterocycles. The first-order chi connectivity index (χ1) is 13.2. The zero-order valence-electron chi connectivity index (χ0n) is 17.6. The van der Waals surface area contributed by atoms with E-state index in [1.807, 2.05) is 6.07 Å². The maximum Gasteiger partial charge on any atom is 0.136 e. The maximum atomic E-state index is 9.57. The number of unbranched alkanes of at least 4 members (excludes halogenated alkanes) is 15. The van der Waals surface area contributed by atoms with Gasteiger partial charge in [0.25, 0.3) is 0 Å². The number of aromatic hydroxyl groups is 1. The number of hydrogen-bond donors (Lipinski definition) is 2. The summed E-state index contributed by atoms with van der Waals surface area (Å²) in [6.07, 6.45) is 22.3. The van der Waals surface area contributed by atoms with Crippen molar-refractivity contribution < 1.29 is 5.11 Å². The van der Waals surface area contributed by atoms with Gasteiger partial charge in [-0.1, -0.05) is 115 Å². The maximum absolute atomic E-state index is 9.57. The minimum Gasteiger partial charge on any atom is -0.506 e. The Balaban J connectivity index is 1.77. The standard InChI is InChI=1S/C24H42ClNO/c1-2-3-4-5-6-7-8-9-10-11-12-13-14-15-16-17-20-26-22-18-19-23(25)24(27)21-22/h18-19,21,26-27H,2-17,20H2,1H3. The summed E-state index contributed by atoms with van der Waals surface area (Å²) in [5, 5.41) is 13.3. The van der Waals surface area contributed by atoms with Crippen LogP contribution in [0.3, 0.4) is 0 Å². The average molecular weight is 396 g/mol. The number of anilines is 1. The van der Waals surface area contributed by atoms with Crippen LogP contribution in [-0.4, -0.2) is 11.7 Å². The molecule has 156 valence electrons. The molecule has 0 amide bonds. The summed E-state index contributed by atoms with van der Waals surface area (Å²) < 4.78 is 0. The van der Waals surface area contributed by atoms with E-state index in [4.69, 9.17) is 11.6 Å². The van der Waals surface area contributed by atoms with Gasteiger partial charge in [-0.3, -0.25) is 0 Å². The molecule has 0 aliphatic heterocycles. The molecule has 1 aromatic carbocycles. The number of hydrogen-bond acceptors (Lipinski definition) is 2. The van der Waals surface area contributed by atoms with Crippen LogP contribution < -0.4 is 5.32 Å². The number of rotatable bonds is 18. The first-order valence-electron chi connectivity index (χ1n) is 11.5. The van der Waals surface area contributed by atoms with Crippen LogP contribution in [0.25, 0.3) is 0 Å². The fourth-order valence-electron chi connectivity index (χ4n) is 3.53. The van der Waals surface area contributed by atoms with Crippen LogP contribution in [0.5, 0.6) is 5.75 Å². The molecule has 2 N–H and O–H groups in total. The van der Waals surface area contributed by atoms with E-state index in [9.17, 15) is 5.11 Å². The topological polar surface area (TPSA) is 32.3 Å². The molecule has 27 heavy (non-hydrogen) atoms. The normalized spacial score (nSPS) is 11.0. The lowest BCUT2D eigenvalue weighted by molar-refractivity contribution is 0.476. The van der Waals surface area contributed by atoms with Gasteiger partial charge in [0.05, 0.1) is 5.02 Å². The molecule has 0 saturated carbocycles. The molecule has 0 aliphatic carbocycles. The Kier molecular flexibility index (Phi) is 15.4. The lowest BCUT2D eigenvalue weighted by Gasteiger charge is -2.07. The molecule has 0 aliphatic rings. The fourth-order valence-corrected chi connectivity index (χ4v) is 3.65. The second-order valence-corrected chi connectivity index (χ2v) is 8.30. The predicted molar refractivity (Wildman–Crippen MR) is 121 cm³/mol. The fraction of sp³-hybridized carbons (Fsp3) is 0.750. The van der Waals surface area contributed by atoms with E-state index in [0.717, 1.165) is 12.2 Å². The van der Waals surface area contributed by atoms with Gasteiger partial charge in [0.15, 0.2) is 0 Å². The molecular formula is C24H42ClNO. The summed E-state index contributed by atoms with van der Waals surface area (Å²) in [5.74, 6) is 0.147. The summed E-state index contributed by atoms with van der Waals surface area (Å²) in [7, 11) is 0. The van der Waals surface area contributed by atoms with Crippen LogP contribution >= 0.6 is 11.6 Å². The Morgan fingerprint density at radius 3 is 1.59 bits per heavy atom. The minimum atomic E-state index is 0.147. The van der Waals surface area contributed by atoms with Gasteiger partial charge in [-0.05, 0) is 18.6 Å². The highest BCUT2D eigenvalue weighted by atomic mass is 35.5. The smallest absolute Gasteiger partial charge is 0.136 e. The second-order valence-electron chi connectivity index (χ2n) is 7.90. The number of halogens is 1. The third kappa shape index (κ3) is 13.9. The summed E-state index contributed by atoms with van der Waals surface area (Å²) in [4.78, 5) is 0. The van der Waals surface area contributed by atoms with E-state index in [-0.39, 0.29) is 5.75 Å². The van der Waals surface area contributed by atoms with E-state index in [0.29, 0.717) is 5.02 Å². The van der Waals surface area contributed by atoms with Crippen molar-refractivity contribution in [1.82, 2.24) is 0 Å². The van der Waals surface area contributed by atoms with Gasteiger partial charge in [-0.25, -0.2) is 0 Å². The highest BCUT2D eigenvalue weighted by Crippen LogP contribution is 2.26. The highest BCUT2D eigenvalue weighted by molar-refractivity contribution is 6.32. The summed E-state index contributed by atoms with van der Waals surface area (Å²) in [6, 6.07) is 5.33. The third-order valence-corrected chi connectivity index (χ3v) is 5.63. The van der Waals surface area contributed by atoms with Crippen molar-refractivity contribution in [2.45, 2.75) is 110 Å². The van der Waals surface area contributed by atoms with Gasteiger partial charge < -0.3 is 10.4 Å². The van der Waals surface area contributed by atoms with Crippen LogP contribution in [0.2, 0.25) is 5.02 Å². The Morgan fingerprint density at radius 1 is 0.704 bits per heavy atom. The third-order valence-electron chi connectivity index (χ3n) is 5.31. The van der Waals surface area contributed by atoms with Crippen LogP contribution in [0.15, 0.2) is 18.2 Å². The average Bonchev–Trinajstić information content (AvgIpc) is 2.67. The Labute approximate surface area is 173 Å². The number of phenols is 1. The summed E-state index contributed by atoms with van der Waals surface area (Å²) in [6.45, 7) is 3.24. The lowest BCUT2D eigenvalue weighted by atomic mass is 10.0. The van der Waals surface area contributed by atoms with Gasteiger partial charge in [0.2, 0.25) is 0 Å². The first kappa shape index (κ1) is 24.1. The van der Waals surface area contributed by atoms with Crippen LogP contribution in [0.4, 0.5) is 5.69 Å². The quantitative estimate of drug-likeness (QED) is 0.243. The highest BCUT2D eigenvalue weighted by Gasteiger charge is 1.99. The molecule has 3 heteroatoms. The predicted octanol–water partition coefficient (Wildman–Crippen LogP) is 8.72. The Hall–Kier alpha value is -0.890. The molecule has 0 atom stereocenters. The van der Waals surface area contributed by atoms with Gasteiger partial charge in [0.1, 0.15) is 5.75 Å². The minimum absolute atomic E-state index is 0.147. The SMILES string of the molecule is CCCCCCCCCCCCCCCCCCNc1ccc(Cl)c(O)c1. The zero-order chi connectivity index (χ0) is 19.6. The number of benzene rings is 1. The van der Waals surface area contributed by atoms with Crippen LogP contribution in [-0.2, 0) is 0 Å². The van der Waals surface area contributed by atoms with Gasteiger partial charge >= 0.3 is 0 Å². The number of phenolic OH excluding ortho intramolecular Hbond substituents is 1. The second kappa shape index (κ2) is 17.2. The molecule has 2 nitrogen and oxygen atoms in total. The molecule has 0 spiro atoms. The zero-order valence-corrected chi connectivity index (χ0v) is 18.3. The van der Waals surface area contributed by atoms with Crippen molar-refractivity contribution in [2.24, 2.45) is 0 Å². The van der Waals surface area contributed by atoms with Crippen molar-refractivity contribution in [3.05, 3.63) is 23.2 Å². The molecule has 1 aromatic rings. The molecule has 0 bridgehead atoms. The van der Waals surface area contributed by atoms with Gasteiger partial charge in [-0.2, -0.15) is 0 Å². The molecule has 0 fully saturated rings. The van der Waals surface area contributed by atoms with Gasteiger partial charge in [-0.15, -0.1) is 0 Å².